The van der Waals surface area contributed by atoms with E-state index in [9.17, 15) is 9.90 Å². The van der Waals surface area contributed by atoms with Crippen molar-refractivity contribution in [2.45, 2.75) is 26.8 Å². The molecule has 1 atom stereocenters. The Balaban J connectivity index is 2.21. The first-order valence-corrected chi connectivity index (χ1v) is 6.32. The lowest BCUT2D eigenvalue weighted by molar-refractivity contribution is 0.0915. The summed E-state index contributed by atoms with van der Waals surface area (Å²) in [5, 5.41) is 19.3. The van der Waals surface area contributed by atoms with E-state index < -0.39 is 5.91 Å². The van der Waals surface area contributed by atoms with Crippen LogP contribution in [0.3, 0.4) is 0 Å². The molecule has 2 heterocycles. The molecule has 0 fully saturated rings. The third kappa shape index (κ3) is 2.93. The van der Waals surface area contributed by atoms with Crippen molar-refractivity contribution in [3.63, 3.8) is 0 Å². The molecular weight excluding hydrogens is 258 g/mol. The maximum Gasteiger partial charge on any atom is 0.274 e. The number of aromatic nitrogens is 4. The molecule has 0 unspecified atom stereocenters. The van der Waals surface area contributed by atoms with Gasteiger partial charge in [-0.15, -0.1) is 0 Å². The molecule has 2 aromatic heterocycles. The number of nitrogens with zero attached hydrogens (tertiary/aromatic N) is 3. The Morgan fingerprint density at radius 2 is 2.20 bits per heavy atom. The number of pyridine rings is 1. The third-order valence-corrected chi connectivity index (χ3v) is 2.85. The number of hydrogen-bond donors (Lipinski definition) is 3. The molecule has 106 valence electrons. The molecule has 0 aliphatic heterocycles. The van der Waals surface area contributed by atoms with Crippen molar-refractivity contribution < 1.29 is 9.90 Å². The van der Waals surface area contributed by atoms with Gasteiger partial charge in [0.2, 0.25) is 0 Å². The van der Waals surface area contributed by atoms with Crippen LogP contribution in [0.15, 0.2) is 18.3 Å². The van der Waals surface area contributed by atoms with E-state index in [1.54, 1.807) is 13.0 Å². The average Bonchev–Trinajstić information content (AvgIpc) is 2.82. The van der Waals surface area contributed by atoms with E-state index in [1.165, 1.54) is 12.3 Å². The second kappa shape index (κ2) is 5.68. The van der Waals surface area contributed by atoms with Gasteiger partial charge in [-0.05, 0) is 25.0 Å². The van der Waals surface area contributed by atoms with Crippen LogP contribution in [-0.4, -0.2) is 31.2 Å². The van der Waals surface area contributed by atoms with Gasteiger partial charge in [0.15, 0.2) is 11.5 Å². The Hall–Kier alpha value is -2.44. The maximum atomic E-state index is 12.2. The van der Waals surface area contributed by atoms with Crippen LogP contribution in [-0.2, 0) is 0 Å². The van der Waals surface area contributed by atoms with E-state index in [1.807, 2.05) is 13.8 Å². The summed E-state index contributed by atoms with van der Waals surface area (Å²) in [6.07, 6.45) is 1.45. The van der Waals surface area contributed by atoms with Crippen molar-refractivity contribution >= 4 is 5.91 Å². The number of aromatic hydroxyl groups is 1. The fourth-order valence-corrected chi connectivity index (χ4v) is 1.81. The van der Waals surface area contributed by atoms with Gasteiger partial charge in [0, 0.05) is 6.20 Å². The van der Waals surface area contributed by atoms with Gasteiger partial charge in [0.1, 0.15) is 11.6 Å². The van der Waals surface area contributed by atoms with Crippen LogP contribution < -0.4 is 5.32 Å². The fraction of sp³-hybridized carbons (Fsp3) is 0.385. The molecular formula is C13H17N5O2. The van der Waals surface area contributed by atoms with Crippen LogP contribution in [0.5, 0.6) is 5.75 Å². The van der Waals surface area contributed by atoms with Crippen molar-refractivity contribution in [2.75, 3.05) is 0 Å². The van der Waals surface area contributed by atoms with Gasteiger partial charge in [-0.25, -0.2) is 9.97 Å². The predicted octanol–water partition coefficient (Wildman–Crippen LogP) is 1.34. The smallest absolute Gasteiger partial charge is 0.274 e. The molecule has 0 aromatic carbocycles. The predicted molar refractivity (Wildman–Crippen MR) is 72.1 cm³/mol. The van der Waals surface area contributed by atoms with Crippen molar-refractivity contribution in [3.8, 4) is 5.75 Å². The molecule has 3 N–H and O–H groups in total. The van der Waals surface area contributed by atoms with Crippen LogP contribution in [0, 0.1) is 12.8 Å². The summed E-state index contributed by atoms with van der Waals surface area (Å²) in [6, 6.07) is 2.63. The van der Waals surface area contributed by atoms with Gasteiger partial charge in [-0.2, -0.15) is 5.10 Å². The van der Waals surface area contributed by atoms with E-state index >= 15 is 0 Å². The van der Waals surface area contributed by atoms with Crippen LogP contribution in [0.25, 0.3) is 0 Å². The second-order valence-electron chi connectivity index (χ2n) is 4.85. The highest BCUT2D eigenvalue weighted by molar-refractivity contribution is 5.94. The molecule has 20 heavy (non-hydrogen) atoms. The van der Waals surface area contributed by atoms with Crippen molar-refractivity contribution in [3.05, 3.63) is 35.7 Å². The Bertz CT molecular complexity index is 608. The molecule has 0 bridgehead atoms. The number of carbonyl (C=O) groups is 1. The summed E-state index contributed by atoms with van der Waals surface area (Å²) in [4.78, 5) is 20.3. The number of aryl methyl sites for hydroxylation is 1. The van der Waals surface area contributed by atoms with Gasteiger partial charge < -0.3 is 10.4 Å². The number of amides is 1. The standard InChI is InChI=1S/C13H17N5O2/c1-7(2)10(12-15-8(3)17-18-12)16-13(20)11-9(19)5-4-6-14-11/h4-7,10,19H,1-3H3,(H,16,20)(H,15,17,18)/t10-/m1/s1. The molecule has 2 rings (SSSR count). The largest absolute Gasteiger partial charge is 0.505 e. The molecule has 2 aromatic rings. The summed E-state index contributed by atoms with van der Waals surface area (Å²) >= 11 is 0. The molecule has 0 aliphatic carbocycles. The first-order valence-electron chi connectivity index (χ1n) is 6.32. The Morgan fingerprint density at radius 1 is 1.45 bits per heavy atom. The lowest BCUT2D eigenvalue weighted by Gasteiger charge is -2.19. The number of aromatic amines is 1. The minimum Gasteiger partial charge on any atom is -0.505 e. The van der Waals surface area contributed by atoms with Gasteiger partial charge in [0.25, 0.3) is 5.91 Å². The molecule has 1 amide bonds. The van der Waals surface area contributed by atoms with Crippen LogP contribution in [0.4, 0.5) is 0 Å². The van der Waals surface area contributed by atoms with Crippen LogP contribution >= 0.6 is 0 Å². The molecule has 0 saturated carbocycles. The highest BCUT2D eigenvalue weighted by Gasteiger charge is 2.24. The number of hydrogen-bond acceptors (Lipinski definition) is 5. The van der Waals surface area contributed by atoms with Gasteiger partial charge in [0.05, 0.1) is 6.04 Å². The number of H-pyrrole nitrogens is 1. The lowest BCUT2D eigenvalue weighted by Crippen LogP contribution is -2.33. The summed E-state index contributed by atoms with van der Waals surface area (Å²) < 4.78 is 0. The van der Waals surface area contributed by atoms with E-state index in [-0.39, 0.29) is 23.4 Å². The summed E-state index contributed by atoms with van der Waals surface area (Å²) in [5.41, 5.74) is -0.00888. The summed E-state index contributed by atoms with van der Waals surface area (Å²) in [5.74, 6) is 0.685. The first kappa shape index (κ1) is 14.0. The highest BCUT2D eigenvalue weighted by atomic mass is 16.3. The quantitative estimate of drug-likeness (QED) is 0.781. The van der Waals surface area contributed by atoms with E-state index in [2.05, 4.69) is 25.5 Å². The second-order valence-corrected chi connectivity index (χ2v) is 4.85. The molecule has 7 nitrogen and oxygen atoms in total. The molecule has 0 radical (unpaired) electrons. The summed E-state index contributed by atoms with van der Waals surface area (Å²) in [6.45, 7) is 5.70. The Kier molecular flexibility index (Phi) is 3.97. The van der Waals surface area contributed by atoms with E-state index in [4.69, 9.17) is 0 Å². The third-order valence-electron chi connectivity index (χ3n) is 2.85. The fourth-order valence-electron chi connectivity index (χ4n) is 1.81. The van der Waals surface area contributed by atoms with Gasteiger partial charge >= 0.3 is 0 Å². The number of rotatable bonds is 4. The highest BCUT2D eigenvalue weighted by Crippen LogP contribution is 2.20. The normalized spacial score (nSPS) is 12.4. The average molecular weight is 275 g/mol. The summed E-state index contributed by atoms with van der Waals surface area (Å²) in [7, 11) is 0. The minimum atomic E-state index is -0.454. The molecule has 0 aliphatic rings. The monoisotopic (exact) mass is 275 g/mol. The number of nitrogens with one attached hydrogen (secondary N) is 2. The number of carbonyl (C=O) groups excluding carboxylic acids is 1. The van der Waals surface area contributed by atoms with Crippen LogP contribution in [0.2, 0.25) is 0 Å². The van der Waals surface area contributed by atoms with Crippen LogP contribution in [0.1, 0.15) is 42.0 Å². The molecule has 7 heteroatoms. The van der Waals surface area contributed by atoms with Crippen molar-refractivity contribution in [1.29, 1.82) is 0 Å². The lowest BCUT2D eigenvalue weighted by atomic mass is 10.0. The molecule has 0 spiro atoms. The first-order chi connectivity index (χ1) is 9.49. The zero-order chi connectivity index (χ0) is 14.7. The topological polar surface area (TPSA) is 104 Å². The van der Waals surface area contributed by atoms with Gasteiger partial charge in [-0.3, -0.25) is 9.89 Å². The Labute approximate surface area is 116 Å². The zero-order valence-corrected chi connectivity index (χ0v) is 11.6. The minimum absolute atomic E-state index is 0.00888. The van der Waals surface area contributed by atoms with Crippen molar-refractivity contribution in [2.24, 2.45) is 5.92 Å². The maximum absolute atomic E-state index is 12.2. The van der Waals surface area contributed by atoms with Crippen molar-refractivity contribution in [1.82, 2.24) is 25.5 Å². The van der Waals surface area contributed by atoms with E-state index in [0.29, 0.717) is 11.6 Å². The van der Waals surface area contributed by atoms with Gasteiger partial charge in [-0.1, -0.05) is 13.8 Å². The zero-order valence-electron chi connectivity index (χ0n) is 11.6. The SMILES string of the molecule is Cc1nc([C@H](NC(=O)c2ncccc2O)C(C)C)n[nH]1. The molecule has 0 saturated heterocycles. The Morgan fingerprint density at radius 3 is 2.75 bits per heavy atom. The van der Waals surface area contributed by atoms with E-state index in [0.717, 1.165) is 0 Å².